The lowest BCUT2D eigenvalue weighted by Crippen LogP contribution is -2.34. The van der Waals surface area contributed by atoms with Crippen LogP contribution in [0.25, 0.3) is 0 Å². The molecule has 1 rings (SSSR count). The van der Waals surface area contributed by atoms with Gasteiger partial charge in [-0.3, -0.25) is 0 Å². The number of nitrogens with one attached hydrogen (secondary N) is 4. The summed E-state index contributed by atoms with van der Waals surface area (Å²) in [5, 5.41) is 13.3. The molecule has 0 saturated carbocycles. The Kier molecular flexibility index (Phi) is 39.3. The van der Waals surface area contributed by atoms with Crippen LogP contribution in [0.5, 0.6) is 0 Å². The van der Waals surface area contributed by atoms with E-state index in [1.807, 2.05) is 0 Å². The van der Waals surface area contributed by atoms with Gasteiger partial charge < -0.3 is 30.7 Å². The van der Waals surface area contributed by atoms with E-state index in [2.05, 4.69) is 21.3 Å². The Bertz CT molecular complexity index is 112. The molecule has 22 heavy (non-hydrogen) atoms. The van der Waals surface area contributed by atoms with Crippen molar-refractivity contribution in [1.82, 2.24) is 21.3 Å². The smallest absolute Gasteiger partial charge is 0.0591 e. The van der Waals surface area contributed by atoms with E-state index < -0.39 is 0 Å². The maximum absolute atomic E-state index is 5.49. The van der Waals surface area contributed by atoms with Crippen LogP contribution in [0, 0.1) is 0 Å². The summed E-state index contributed by atoms with van der Waals surface area (Å²) in [5.41, 5.74) is 0. The van der Waals surface area contributed by atoms with Crippen molar-refractivity contribution in [2.75, 3.05) is 78.8 Å². The van der Waals surface area contributed by atoms with Crippen LogP contribution in [-0.4, -0.2) is 78.8 Å². The molecule has 0 bridgehead atoms. The van der Waals surface area contributed by atoms with E-state index in [1.54, 1.807) is 0 Å². The summed E-state index contributed by atoms with van der Waals surface area (Å²) >= 11 is 0. The number of halogens is 4. The van der Waals surface area contributed by atoms with Gasteiger partial charge in [0.15, 0.2) is 0 Å². The van der Waals surface area contributed by atoms with Crippen LogP contribution in [0.1, 0.15) is 0 Å². The minimum atomic E-state index is 0. The third-order valence-corrected chi connectivity index (χ3v) is 2.65. The van der Waals surface area contributed by atoms with E-state index in [0.29, 0.717) is 0 Å². The van der Waals surface area contributed by atoms with Crippen molar-refractivity contribution in [1.29, 1.82) is 0 Å². The van der Waals surface area contributed by atoms with Crippen LogP contribution in [0.2, 0.25) is 0 Å². The van der Waals surface area contributed by atoms with E-state index in [4.69, 9.17) is 9.47 Å². The predicted octanol–water partition coefficient (Wildman–Crippen LogP) is 0.703. The SMILES string of the molecule is Br.Br.Br.Br.C1CNCCOCCNCCNCCOCCN1. The average Bonchev–Trinajstić information content (AvgIpc) is 2.39. The van der Waals surface area contributed by atoms with Crippen molar-refractivity contribution in [2.45, 2.75) is 0 Å². The molecule has 0 amide bonds. The van der Waals surface area contributed by atoms with Crippen molar-refractivity contribution in [2.24, 2.45) is 0 Å². The highest BCUT2D eigenvalue weighted by Gasteiger charge is 1.93. The molecule has 0 spiro atoms. The average molecular weight is 584 g/mol. The van der Waals surface area contributed by atoms with Gasteiger partial charge in [0.2, 0.25) is 0 Å². The van der Waals surface area contributed by atoms with Gasteiger partial charge in [0.1, 0.15) is 0 Å². The summed E-state index contributed by atoms with van der Waals surface area (Å²) in [7, 11) is 0. The lowest BCUT2D eigenvalue weighted by molar-refractivity contribution is 0.133. The standard InChI is InChI=1S/C12H28N4O2.4BrH/c1-2-14-6-10-18-12-8-16-4-3-15-7-11-17-9-5-13-1;;;;/h13-16H,1-12H2;4*1H. The van der Waals surface area contributed by atoms with Gasteiger partial charge >= 0.3 is 0 Å². The minimum Gasteiger partial charge on any atom is -0.379 e. The number of ether oxygens (including phenoxy) is 2. The molecule has 0 aromatic rings. The zero-order valence-corrected chi connectivity index (χ0v) is 19.8. The van der Waals surface area contributed by atoms with Crippen LogP contribution < -0.4 is 21.3 Å². The van der Waals surface area contributed by atoms with Gasteiger partial charge in [-0.25, -0.2) is 0 Å². The Morgan fingerprint density at radius 2 is 0.591 bits per heavy atom. The Morgan fingerprint density at radius 1 is 0.364 bits per heavy atom. The molecule has 1 saturated heterocycles. The molecule has 0 radical (unpaired) electrons. The number of rotatable bonds is 0. The van der Waals surface area contributed by atoms with Crippen LogP contribution >= 0.6 is 67.9 Å². The highest BCUT2D eigenvalue weighted by Crippen LogP contribution is 1.75. The molecule has 0 aliphatic carbocycles. The fourth-order valence-electron chi connectivity index (χ4n) is 1.64. The highest BCUT2D eigenvalue weighted by atomic mass is 79.9. The van der Waals surface area contributed by atoms with E-state index in [-0.39, 0.29) is 67.9 Å². The third-order valence-electron chi connectivity index (χ3n) is 2.65. The molecule has 0 aromatic heterocycles. The fraction of sp³-hybridized carbons (Fsp3) is 1.00. The van der Waals surface area contributed by atoms with Gasteiger partial charge in [-0.1, -0.05) is 0 Å². The van der Waals surface area contributed by atoms with Gasteiger partial charge in [0.05, 0.1) is 26.4 Å². The Labute approximate surface area is 176 Å². The molecule has 0 atom stereocenters. The summed E-state index contributed by atoms with van der Waals surface area (Å²) in [6, 6.07) is 0. The van der Waals surface area contributed by atoms with Crippen molar-refractivity contribution in [3.63, 3.8) is 0 Å². The summed E-state index contributed by atoms with van der Waals surface area (Å²) < 4.78 is 11.0. The molecule has 6 nitrogen and oxygen atoms in total. The second kappa shape index (κ2) is 27.5. The minimum absolute atomic E-state index is 0. The topological polar surface area (TPSA) is 66.6 Å². The molecule has 0 unspecified atom stereocenters. The van der Waals surface area contributed by atoms with Gasteiger partial charge in [0, 0.05) is 52.4 Å². The van der Waals surface area contributed by atoms with Crippen molar-refractivity contribution in [3.05, 3.63) is 0 Å². The molecule has 1 fully saturated rings. The van der Waals surface area contributed by atoms with Crippen LogP contribution in [0.15, 0.2) is 0 Å². The number of hydrogen-bond acceptors (Lipinski definition) is 6. The fourth-order valence-corrected chi connectivity index (χ4v) is 1.64. The summed E-state index contributed by atoms with van der Waals surface area (Å²) in [6.45, 7) is 10.7. The van der Waals surface area contributed by atoms with E-state index in [0.717, 1.165) is 78.8 Å². The quantitative estimate of drug-likeness (QED) is 0.337. The summed E-state index contributed by atoms with van der Waals surface area (Å²) in [6.07, 6.45) is 0. The summed E-state index contributed by atoms with van der Waals surface area (Å²) in [4.78, 5) is 0. The zero-order valence-electron chi connectivity index (χ0n) is 12.9. The number of hydrogen-bond donors (Lipinski definition) is 4. The zero-order chi connectivity index (χ0) is 12.7. The monoisotopic (exact) mass is 580 g/mol. The Balaban J connectivity index is -0.000000405. The molecular formula is C12H32Br4N4O2. The maximum Gasteiger partial charge on any atom is 0.0591 e. The Morgan fingerprint density at radius 3 is 0.818 bits per heavy atom. The molecule has 1 heterocycles. The third kappa shape index (κ3) is 23.9. The van der Waals surface area contributed by atoms with Crippen LogP contribution in [0.3, 0.4) is 0 Å². The molecule has 4 N–H and O–H groups in total. The first-order valence-electron chi connectivity index (χ1n) is 6.98. The van der Waals surface area contributed by atoms with Crippen molar-refractivity contribution in [3.8, 4) is 0 Å². The van der Waals surface area contributed by atoms with Crippen LogP contribution in [0.4, 0.5) is 0 Å². The molecule has 1 aliphatic heterocycles. The second-order valence-electron chi connectivity index (χ2n) is 4.22. The molecule has 1 aliphatic rings. The first-order chi connectivity index (χ1) is 9.00. The first kappa shape index (κ1) is 31.4. The van der Waals surface area contributed by atoms with Crippen molar-refractivity contribution < 1.29 is 9.47 Å². The largest absolute Gasteiger partial charge is 0.379 e. The van der Waals surface area contributed by atoms with Gasteiger partial charge in [-0.15, -0.1) is 67.9 Å². The van der Waals surface area contributed by atoms with E-state index >= 15 is 0 Å². The lowest BCUT2D eigenvalue weighted by Gasteiger charge is -2.10. The van der Waals surface area contributed by atoms with Crippen molar-refractivity contribution >= 4 is 67.9 Å². The Hall–Kier alpha value is 1.68. The normalized spacial score (nSPS) is 19.6. The predicted molar refractivity (Wildman–Crippen MR) is 114 cm³/mol. The molecule has 10 heteroatoms. The van der Waals surface area contributed by atoms with Gasteiger partial charge in [-0.05, 0) is 0 Å². The maximum atomic E-state index is 5.49. The lowest BCUT2D eigenvalue weighted by atomic mass is 10.5. The first-order valence-corrected chi connectivity index (χ1v) is 6.98. The van der Waals surface area contributed by atoms with E-state index in [9.17, 15) is 0 Å². The van der Waals surface area contributed by atoms with Gasteiger partial charge in [0.25, 0.3) is 0 Å². The highest BCUT2D eigenvalue weighted by molar-refractivity contribution is 8.93. The molecule has 0 aromatic carbocycles. The molecule has 140 valence electrons. The van der Waals surface area contributed by atoms with Gasteiger partial charge in [-0.2, -0.15) is 0 Å². The van der Waals surface area contributed by atoms with Crippen LogP contribution in [-0.2, 0) is 9.47 Å². The van der Waals surface area contributed by atoms with E-state index in [1.165, 1.54) is 0 Å². The summed E-state index contributed by atoms with van der Waals surface area (Å²) in [5.74, 6) is 0. The molecular weight excluding hydrogens is 552 g/mol. The second-order valence-corrected chi connectivity index (χ2v) is 4.22.